The zero-order chi connectivity index (χ0) is 21.0. The van der Waals surface area contributed by atoms with Crippen molar-refractivity contribution in [2.24, 2.45) is 0 Å². The summed E-state index contributed by atoms with van der Waals surface area (Å²) in [6.07, 6.45) is 1.65. The fourth-order valence-electron chi connectivity index (χ4n) is 3.86. The van der Waals surface area contributed by atoms with Gasteiger partial charge in [0.15, 0.2) is 10.6 Å². The number of rotatable bonds is 3. The summed E-state index contributed by atoms with van der Waals surface area (Å²) in [6, 6.07) is 12.7. The van der Waals surface area contributed by atoms with Crippen molar-refractivity contribution in [2.75, 3.05) is 4.90 Å². The number of aromatic nitrogens is 1. The first-order valence-corrected chi connectivity index (χ1v) is 11.2. The van der Waals surface area contributed by atoms with Crippen LogP contribution in [-0.2, 0) is 0 Å². The number of nitrogens with zero attached hydrogens (tertiary/aromatic N) is 2. The third-order valence-electron chi connectivity index (χ3n) is 5.38. The van der Waals surface area contributed by atoms with Crippen molar-refractivity contribution in [1.29, 1.82) is 0 Å². The number of benzene rings is 2. The molecule has 0 fully saturated rings. The Hall–Kier alpha value is -2.77. The molecule has 5 nitrogen and oxygen atoms in total. The third-order valence-corrected chi connectivity index (χ3v) is 6.64. The molecule has 0 radical (unpaired) electrons. The molecule has 1 unspecified atom stereocenters. The lowest BCUT2D eigenvalue weighted by atomic mass is 9.95. The Labute approximate surface area is 185 Å². The van der Waals surface area contributed by atoms with E-state index in [9.17, 15) is 9.59 Å². The average molecular weight is 481 g/mol. The highest BCUT2D eigenvalue weighted by atomic mass is 79.9. The summed E-state index contributed by atoms with van der Waals surface area (Å²) in [5, 5.41) is 2.79. The Morgan fingerprint density at radius 1 is 1.13 bits per heavy atom. The van der Waals surface area contributed by atoms with Crippen molar-refractivity contribution in [3.05, 3.63) is 91.2 Å². The van der Waals surface area contributed by atoms with Crippen LogP contribution >= 0.6 is 27.3 Å². The number of hydrogen-bond acceptors (Lipinski definition) is 5. The van der Waals surface area contributed by atoms with Gasteiger partial charge in [-0.3, -0.25) is 14.5 Å². The maximum absolute atomic E-state index is 13.5. The lowest BCUT2D eigenvalue weighted by molar-refractivity contribution is 0.0971. The predicted molar refractivity (Wildman–Crippen MR) is 121 cm³/mol. The van der Waals surface area contributed by atoms with Crippen molar-refractivity contribution in [1.82, 2.24) is 4.98 Å². The minimum absolute atomic E-state index is 0.0861. The molecule has 1 amide bonds. The molecule has 1 aliphatic rings. The summed E-state index contributed by atoms with van der Waals surface area (Å²) in [4.78, 5) is 32.8. The molecule has 5 rings (SSSR count). The molecular formula is C23H17BrN2O3S. The highest BCUT2D eigenvalue weighted by Gasteiger charge is 2.44. The highest BCUT2D eigenvalue weighted by molar-refractivity contribution is 9.10. The van der Waals surface area contributed by atoms with E-state index in [-0.39, 0.29) is 17.1 Å². The lowest BCUT2D eigenvalue weighted by Crippen LogP contribution is -2.29. The Morgan fingerprint density at radius 3 is 2.57 bits per heavy atom. The van der Waals surface area contributed by atoms with E-state index in [4.69, 9.17) is 4.42 Å². The summed E-state index contributed by atoms with van der Waals surface area (Å²) >= 11 is 4.77. The summed E-state index contributed by atoms with van der Waals surface area (Å²) < 4.78 is 6.74. The molecule has 1 aliphatic heterocycles. The lowest BCUT2D eigenvalue weighted by Gasteiger charge is -2.23. The Balaban J connectivity index is 1.78. The van der Waals surface area contributed by atoms with Crippen LogP contribution in [0.4, 0.5) is 5.13 Å². The summed E-state index contributed by atoms with van der Waals surface area (Å²) in [6.45, 7) is 4.26. The van der Waals surface area contributed by atoms with E-state index >= 15 is 0 Å². The molecule has 0 saturated carbocycles. The van der Waals surface area contributed by atoms with E-state index in [1.54, 1.807) is 29.3 Å². The fraction of sp³-hybridized carbons (Fsp3) is 0.174. The Morgan fingerprint density at radius 2 is 1.90 bits per heavy atom. The first kappa shape index (κ1) is 19.2. The van der Waals surface area contributed by atoms with Crippen molar-refractivity contribution in [3.63, 3.8) is 0 Å². The standard InChI is InChI=1S/C23H17BrN2O3S/c1-12(2)13-3-5-14(6-4-13)19-18-20(27)16-11-15(24)7-8-17(16)29-21(18)22(28)26(19)23-25-9-10-30-23/h3-12,19H,1-2H3. The SMILES string of the molecule is CC(C)c1ccc(C2c3c(oc4ccc(Br)cc4c3=O)C(=O)N2c2nccs2)cc1. The van der Waals surface area contributed by atoms with E-state index < -0.39 is 6.04 Å². The van der Waals surface area contributed by atoms with Gasteiger partial charge in [0.1, 0.15) is 5.58 Å². The summed E-state index contributed by atoms with van der Waals surface area (Å²) in [5.74, 6) is 0.126. The molecular weight excluding hydrogens is 464 g/mol. The van der Waals surface area contributed by atoms with Gasteiger partial charge >= 0.3 is 0 Å². The van der Waals surface area contributed by atoms with Gasteiger partial charge in [-0.15, -0.1) is 11.3 Å². The normalized spacial score (nSPS) is 15.9. The van der Waals surface area contributed by atoms with E-state index in [0.717, 1.165) is 10.0 Å². The predicted octanol–water partition coefficient (Wildman–Crippen LogP) is 5.89. The van der Waals surface area contributed by atoms with Crippen LogP contribution in [0.3, 0.4) is 0 Å². The van der Waals surface area contributed by atoms with Gasteiger partial charge in [-0.05, 0) is 35.2 Å². The quantitative estimate of drug-likeness (QED) is 0.366. The van der Waals surface area contributed by atoms with Crippen LogP contribution in [0.1, 0.15) is 53.1 Å². The van der Waals surface area contributed by atoms with Crippen LogP contribution in [-0.4, -0.2) is 10.9 Å². The number of carbonyl (C=O) groups excluding carboxylic acids is 1. The smallest absolute Gasteiger partial charge is 0.297 e. The zero-order valence-corrected chi connectivity index (χ0v) is 18.7. The van der Waals surface area contributed by atoms with Gasteiger partial charge in [-0.1, -0.05) is 54.0 Å². The van der Waals surface area contributed by atoms with Crippen LogP contribution in [0.15, 0.2) is 67.7 Å². The van der Waals surface area contributed by atoms with Crippen LogP contribution in [0.5, 0.6) is 0 Å². The van der Waals surface area contributed by atoms with Crippen LogP contribution in [0.25, 0.3) is 11.0 Å². The molecule has 2 aromatic carbocycles. The number of fused-ring (bicyclic) bond motifs is 2. The number of halogens is 1. The van der Waals surface area contributed by atoms with Crippen molar-refractivity contribution < 1.29 is 9.21 Å². The minimum atomic E-state index is -0.584. The molecule has 3 heterocycles. The molecule has 1 atom stereocenters. The maximum Gasteiger partial charge on any atom is 0.297 e. The van der Waals surface area contributed by atoms with E-state index in [0.29, 0.717) is 27.6 Å². The van der Waals surface area contributed by atoms with Crippen molar-refractivity contribution >= 4 is 49.3 Å². The van der Waals surface area contributed by atoms with Gasteiger partial charge in [0, 0.05) is 16.0 Å². The minimum Gasteiger partial charge on any atom is -0.450 e. The van der Waals surface area contributed by atoms with Crippen LogP contribution in [0.2, 0.25) is 0 Å². The molecule has 2 aromatic heterocycles. The molecule has 0 aliphatic carbocycles. The second-order valence-electron chi connectivity index (χ2n) is 7.53. The van der Waals surface area contributed by atoms with Gasteiger partial charge in [0.2, 0.25) is 5.76 Å². The molecule has 7 heteroatoms. The maximum atomic E-state index is 13.5. The molecule has 4 aromatic rings. The van der Waals surface area contributed by atoms with E-state index in [1.807, 2.05) is 29.6 Å². The summed E-state index contributed by atoms with van der Waals surface area (Å²) in [5.41, 5.74) is 2.60. The van der Waals surface area contributed by atoms with Gasteiger partial charge < -0.3 is 4.42 Å². The number of thiazole rings is 1. The zero-order valence-electron chi connectivity index (χ0n) is 16.3. The van der Waals surface area contributed by atoms with E-state index in [2.05, 4.69) is 34.8 Å². The molecule has 150 valence electrons. The summed E-state index contributed by atoms with van der Waals surface area (Å²) in [7, 11) is 0. The monoisotopic (exact) mass is 480 g/mol. The second-order valence-corrected chi connectivity index (χ2v) is 9.32. The average Bonchev–Trinajstić information content (AvgIpc) is 3.35. The number of amides is 1. The largest absolute Gasteiger partial charge is 0.450 e. The number of carbonyl (C=O) groups is 1. The van der Waals surface area contributed by atoms with Gasteiger partial charge in [-0.25, -0.2) is 4.98 Å². The third kappa shape index (κ3) is 2.92. The molecule has 0 N–H and O–H groups in total. The Kier molecular flexibility index (Phi) is 4.60. The molecule has 0 saturated heterocycles. The second kappa shape index (κ2) is 7.18. The molecule has 0 bridgehead atoms. The van der Waals surface area contributed by atoms with Crippen molar-refractivity contribution in [2.45, 2.75) is 25.8 Å². The van der Waals surface area contributed by atoms with Crippen LogP contribution < -0.4 is 10.3 Å². The van der Waals surface area contributed by atoms with Crippen molar-refractivity contribution in [3.8, 4) is 0 Å². The van der Waals surface area contributed by atoms with Gasteiger partial charge in [0.25, 0.3) is 5.91 Å². The van der Waals surface area contributed by atoms with E-state index in [1.165, 1.54) is 16.9 Å². The highest BCUT2D eigenvalue weighted by Crippen LogP contribution is 2.42. The molecule has 30 heavy (non-hydrogen) atoms. The first-order valence-electron chi connectivity index (χ1n) is 9.55. The first-order chi connectivity index (χ1) is 14.5. The van der Waals surface area contributed by atoms with Gasteiger partial charge in [-0.2, -0.15) is 0 Å². The van der Waals surface area contributed by atoms with Crippen LogP contribution in [0, 0.1) is 0 Å². The Bertz CT molecular complexity index is 1330. The topological polar surface area (TPSA) is 63.4 Å². The molecule has 0 spiro atoms. The number of hydrogen-bond donors (Lipinski definition) is 0. The van der Waals surface area contributed by atoms with Gasteiger partial charge in [0.05, 0.1) is 17.0 Å². The number of anilines is 1. The fourth-order valence-corrected chi connectivity index (χ4v) is 4.88.